The van der Waals surface area contributed by atoms with E-state index in [-0.39, 0.29) is 39.4 Å². The number of carbonyl (C=O) groups is 1. The smallest absolute Gasteiger partial charge is 0.360 e. The van der Waals surface area contributed by atoms with Crippen molar-refractivity contribution in [2.75, 3.05) is 7.11 Å². The van der Waals surface area contributed by atoms with Crippen molar-refractivity contribution in [2.24, 2.45) is 27.1 Å². The molecule has 0 fully saturated rings. The van der Waals surface area contributed by atoms with E-state index < -0.39 is 12.6 Å². The van der Waals surface area contributed by atoms with Crippen LogP contribution >= 0.6 is 0 Å². The Hall–Kier alpha value is -4.94. The molecule has 0 saturated carbocycles. The fraction of sp³-hybridized carbons (Fsp3) is 0.725. The number of carbonyl (C=O) groups excluding carboxylic acids is 1. The fourth-order valence-electron chi connectivity index (χ4n) is 4.76. The number of aliphatic hydroxyl groups is 1. The number of ether oxygens (including phenoxy) is 1. The summed E-state index contributed by atoms with van der Waals surface area (Å²) >= 11 is 0. The number of nitrogens with zero attached hydrogens (tertiary/aromatic N) is 15. The molecule has 0 unspecified atom stereocenters. The highest BCUT2D eigenvalue weighted by atomic mass is 19.1. The van der Waals surface area contributed by atoms with E-state index in [2.05, 4.69) is 160 Å². The zero-order valence-corrected chi connectivity index (χ0v) is 38.8. The van der Waals surface area contributed by atoms with Crippen molar-refractivity contribution < 1.29 is 19.0 Å². The highest BCUT2D eigenvalue weighted by molar-refractivity contribution is 5.86. The number of methoxy groups -OCH3 is 1. The van der Waals surface area contributed by atoms with Gasteiger partial charge in [-0.25, -0.2) is 9.18 Å². The van der Waals surface area contributed by atoms with Crippen molar-refractivity contribution in [2.45, 2.75) is 157 Å². The summed E-state index contributed by atoms with van der Waals surface area (Å²) in [6.45, 7) is 37.6. The first kappa shape index (κ1) is 52.1. The van der Waals surface area contributed by atoms with Gasteiger partial charge in [0.15, 0.2) is 5.69 Å². The molecule has 0 aromatic carbocycles. The fourth-order valence-corrected chi connectivity index (χ4v) is 4.76. The van der Waals surface area contributed by atoms with Crippen molar-refractivity contribution in [3.8, 4) is 0 Å². The van der Waals surface area contributed by atoms with E-state index in [0.717, 1.165) is 38.4 Å². The standard InChI is InChI=1S/C9H15N3O2.C8H14FN3.C8H15N3O.C8H15N3.C7H13N3/c1-9(2,3)6-12-5-7(10-11-12)8(13)14-4;1-8(2,3)6-12-5-7(4-9)10-11-12;1-8(2,3)6-11-4-7(5-12)9-10-11;1-7-5-11(10-9-7)6-8(2,3)4;1-7(2,3)6-10-5-4-8-9-10/h5H,6H2,1-4H3;5H,4,6H2,1-3H3;4,12H,5-6H2,1-3H3;5H,6H2,1-4H3;4-5H,6H2,1-3H3. The maximum absolute atomic E-state index is 12.1. The van der Waals surface area contributed by atoms with Gasteiger partial charge in [0.1, 0.15) is 18.1 Å². The van der Waals surface area contributed by atoms with Gasteiger partial charge in [-0.1, -0.05) is 130 Å². The third-order valence-corrected chi connectivity index (χ3v) is 6.71. The van der Waals surface area contributed by atoms with Gasteiger partial charge >= 0.3 is 5.97 Å². The lowest BCUT2D eigenvalue weighted by Crippen LogP contribution is -2.15. The lowest BCUT2D eigenvalue weighted by Gasteiger charge is -2.16. The molecule has 0 aliphatic carbocycles. The first-order valence-electron chi connectivity index (χ1n) is 19.6. The van der Waals surface area contributed by atoms with Crippen LogP contribution in [0.3, 0.4) is 0 Å². The highest BCUT2D eigenvalue weighted by Gasteiger charge is 2.16. The molecule has 5 heterocycles. The Kier molecular flexibility index (Phi) is 20.3. The second-order valence-electron chi connectivity index (χ2n) is 20.4. The summed E-state index contributed by atoms with van der Waals surface area (Å²) in [4.78, 5) is 11.1. The van der Waals surface area contributed by atoms with Crippen molar-refractivity contribution in [3.05, 3.63) is 60.0 Å². The number of esters is 1. The van der Waals surface area contributed by atoms with E-state index in [1.165, 1.54) is 7.11 Å². The van der Waals surface area contributed by atoms with Gasteiger partial charge in [-0.05, 0) is 34.0 Å². The van der Waals surface area contributed by atoms with Gasteiger partial charge < -0.3 is 9.84 Å². The van der Waals surface area contributed by atoms with E-state index in [1.807, 2.05) is 28.7 Å². The summed E-state index contributed by atoms with van der Waals surface area (Å²) in [5.74, 6) is -0.454. The van der Waals surface area contributed by atoms with Gasteiger partial charge in [0.25, 0.3) is 0 Å². The Bertz CT molecular complexity index is 1820. The van der Waals surface area contributed by atoms with E-state index in [9.17, 15) is 9.18 Å². The van der Waals surface area contributed by atoms with Crippen LogP contribution in [0.2, 0.25) is 0 Å². The lowest BCUT2D eigenvalue weighted by atomic mass is 9.97. The number of hydrogen-bond acceptors (Lipinski definition) is 13. The van der Waals surface area contributed by atoms with Crippen LogP contribution in [0, 0.1) is 34.0 Å². The first-order chi connectivity index (χ1) is 27.0. The third kappa shape index (κ3) is 25.9. The number of alkyl halides is 1. The third-order valence-electron chi connectivity index (χ3n) is 6.71. The predicted octanol–water partition coefficient (Wildman–Crippen LogP) is 6.68. The predicted molar refractivity (Wildman–Crippen MR) is 224 cm³/mol. The average molecular weight is 830 g/mol. The molecule has 332 valence electrons. The maximum atomic E-state index is 12.1. The quantitative estimate of drug-likeness (QED) is 0.163. The minimum Gasteiger partial charge on any atom is -0.464 e. The van der Waals surface area contributed by atoms with Gasteiger partial charge in [-0.15, -0.1) is 25.5 Å². The number of aromatic nitrogens is 15. The van der Waals surface area contributed by atoms with Gasteiger partial charge in [0, 0.05) is 45.1 Å². The monoisotopic (exact) mass is 830 g/mol. The maximum Gasteiger partial charge on any atom is 0.360 e. The summed E-state index contributed by atoms with van der Waals surface area (Å²) in [6, 6.07) is 0. The van der Waals surface area contributed by atoms with Crippen LogP contribution in [-0.2, 0) is 50.7 Å². The number of aliphatic hydroxyl groups excluding tert-OH is 1. The molecule has 18 nitrogen and oxygen atoms in total. The van der Waals surface area contributed by atoms with Crippen LogP contribution in [0.5, 0.6) is 0 Å². The number of rotatable bonds is 8. The molecular weight excluding hydrogens is 758 g/mol. The molecule has 0 spiro atoms. The molecule has 5 aromatic rings. The molecule has 19 heteroatoms. The Balaban J connectivity index is 0.000000370. The van der Waals surface area contributed by atoms with Gasteiger partial charge in [-0.3, -0.25) is 23.4 Å². The Morgan fingerprint density at radius 2 is 0.966 bits per heavy atom. The van der Waals surface area contributed by atoms with Crippen LogP contribution in [0.15, 0.2) is 37.2 Å². The molecule has 0 bridgehead atoms. The van der Waals surface area contributed by atoms with Gasteiger partial charge in [0.2, 0.25) is 0 Å². The Morgan fingerprint density at radius 3 is 1.31 bits per heavy atom. The van der Waals surface area contributed by atoms with Gasteiger partial charge in [0.05, 0.1) is 44.2 Å². The SMILES string of the molecule is CC(C)(C)Cn1cc(CF)nn1.CC(C)(C)Cn1cc(CO)nn1.CC(C)(C)Cn1ccnn1.COC(=O)c1cn(CC(C)(C)C)nn1.Cc1cn(CC(C)(C)C)nn1. The number of aryl methyl sites for hydroxylation is 1. The summed E-state index contributed by atoms with van der Waals surface area (Å²) in [6.07, 6.45) is 10.6. The van der Waals surface area contributed by atoms with E-state index in [1.54, 1.807) is 38.8 Å². The van der Waals surface area contributed by atoms with Crippen molar-refractivity contribution in [1.29, 1.82) is 0 Å². The van der Waals surface area contributed by atoms with Crippen molar-refractivity contribution >= 4 is 5.97 Å². The van der Waals surface area contributed by atoms with E-state index in [0.29, 0.717) is 11.4 Å². The summed E-state index contributed by atoms with van der Waals surface area (Å²) in [5, 5.41) is 46.9. The molecule has 1 N–H and O–H groups in total. The second-order valence-corrected chi connectivity index (χ2v) is 20.4. The largest absolute Gasteiger partial charge is 0.464 e. The summed E-state index contributed by atoms with van der Waals surface area (Å²) in [7, 11) is 1.32. The normalized spacial score (nSPS) is 11.8. The molecule has 0 amide bonds. The van der Waals surface area contributed by atoms with Crippen molar-refractivity contribution in [1.82, 2.24) is 75.0 Å². The lowest BCUT2D eigenvalue weighted by molar-refractivity contribution is 0.0593. The molecule has 0 aliphatic rings. The molecule has 5 aromatic heterocycles. The number of hydrogen-bond donors (Lipinski definition) is 1. The topological polar surface area (TPSA) is 200 Å². The van der Waals surface area contributed by atoms with Crippen LogP contribution in [0.4, 0.5) is 4.39 Å². The van der Waals surface area contributed by atoms with E-state index in [4.69, 9.17) is 5.11 Å². The molecule has 59 heavy (non-hydrogen) atoms. The molecule has 0 radical (unpaired) electrons. The zero-order valence-electron chi connectivity index (χ0n) is 38.8. The van der Waals surface area contributed by atoms with E-state index >= 15 is 0 Å². The molecule has 0 atom stereocenters. The van der Waals surface area contributed by atoms with Crippen LogP contribution in [-0.4, -0.2) is 93.2 Å². The molecular formula is C40H72FN15O3. The average Bonchev–Trinajstić information content (AvgIpc) is 3.92. The van der Waals surface area contributed by atoms with Crippen LogP contribution < -0.4 is 0 Å². The first-order valence-corrected chi connectivity index (χ1v) is 19.6. The summed E-state index contributed by atoms with van der Waals surface area (Å²) in [5.41, 5.74) is 3.28. The zero-order chi connectivity index (χ0) is 45.2. The van der Waals surface area contributed by atoms with Crippen LogP contribution in [0.1, 0.15) is 131 Å². The molecule has 0 saturated heterocycles. The summed E-state index contributed by atoms with van der Waals surface area (Å²) < 4.78 is 25.4. The molecule has 0 aliphatic heterocycles. The Labute approximate surface area is 350 Å². The second kappa shape index (κ2) is 23.0. The van der Waals surface area contributed by atoms with Crippen LogP contribution in [0.25, 0.3) is 0 Å². The molecule has 5 rings (SSSR count). The minimum absolute atomic E-state index is 0.0376. The Morgan fingerprint density at radius 1 is 0.576 bits per heavy atom. The number of halogens is 1. The van der Waals surface area contributed by atoms with Gasteiger partial charge in [-0.2, -0.15) is 0 Å². The van der Waals surface area contributed by atoms with Crippen molar-refractivity contribution in [3.63, 3.8) is 0 Å². The minimum atomic E-state index is -0.538. The highest BCUT2D eigenvalue weighted by Crippen LogP contribution is 2.18.